The van der Waals surface area contributed by atoms with Crippen LogP contribution in [0.4, 0.5) is 0 Å². The Kier molecular flexibility index (Phi) is 6.58. The maximum atomic E-state index is 8.58. The smallest absolute Gasteiger partial charge is 0.0991 e. The summed E-state index contributed by atoms with van der Waals surface area (Å²) in [4.78, 5) is 0. The summed E-state index contributed by atoms with van der Waals surface area (Å²) in [5.41, 5.74) is 1.72. The van der Waals surface area contributed by atoms with E-state index in [9.17, 15) is 0 Å². The van der Waals surface area contributed by atoms with Crippen LogP contribution in [0.1, 0.15) is 25.0 Å². The molecule has 1 rings (SSSR count). The van der Waals surface area contributed by atoms with Gasteiger partial charge in [-0.2, -0.15) is 5.26 Å². The van der Waals surface area contributed by atoms with Gasteiger partial charge in [-0.25, -0.2) is 0 Å². The van der Waals surface area contributed by atoms with E-state index in [1.165, 1.54) is 0 Å². The molecule has 13 heavy (non-hydrogen) atoms. The van der Waals surface area contributed by atoms with Crippen LogP contribution in [-0.4, -0.2) is 11.7 Å². The maximum Gasteiger partial charge on any atom is 0.0991 e. The quantitative estimate of drug-likeness (QED) is 0.752. The molecule has 0 unspecified atom stereocenters. The van der Waals surface area contributed by atoms with Crippen molar-refractivity contribution in [1.29, 1.82) is 5.26 Å². The lowest BCUT2D eigenvalue weighted by atomic mass is 10.1. The molecule has 0 heterocycles. The van der Waals surface area contributed by atoms with Crippen LogP contribution >= 0.6 is 0 Å². The SMILES string of the molecule is CC.N#Cc1ccc(CCO)cc1. The van der Waals surface area contributed by atoms with E-state index in [2.05, 4.69) is 0 Å². The molecular weight excluding hydrogens is 162 g/mol. The molecule has 1 N–H and O–H groups in total. The highest BCUT2D eigenvalue weighted by Crippen LogP contribution is 2.02. The minimum atomic E-state index is 0.159. The monoisotopic (exact) mass is 177 g/mol. The highest BCUT2D eigenvalue weighted by Gasteiger charge is 1.91. The van der Waals surface area contributed by atoms with Crippen LogP contribution < -0.4 is 0 Å². The normalized spacial score (nSPS) is 8.15. The third-order valence-corrected chi connectivity index (χ3v) is 1.48. The fourth-order valence-electron chi connectivity index (χ4n) is 0.875. The van der Waals surface area contributed by atoms with Crippen LogP contribution in [0.5, 0.6) is 0 Å². The first-order valence-corrected chi connectivity index (χ1v) is 4.46. The summed E-state index contributed by atoms with van der Waals surface area (Å²) < 4.78 is 0. The van der Waals surface area contributed by atoms with Crippen molar-refractivity contribution in [2.75, 3.05) is 6.61 Å². The average molecular weight is 177 g/mol. The van der Waals surface area contributed by atoms with Crippen molar-refractivity contribution in [2.45, 2.75) is 20.3 Å². The Balaban J connectivity index is 0.000000671. The molecule has 0 atom stereocenters. The lowest BCUT2D eigenvalue weighted by Gasteiger charge is -1.95. The van der Waals surface area contributed by atoms with Crippen molar-refractivity contribution in [3.05, 3.63) is 35.4 Å². The van der Waals surface area contributed by atoms with Gasteiger partial charge in [0.15, 0.2) is 0 Å². The zero-order chi connectivity index (χ0) is 10.1. The largest absolute Gasteiger partial charge is 0.396 e. The first kappa shape index (κ1) is 11.7. The Morgan fingerprint density at radius 2 is 1.77 bits per heavy atom. The van der Waals surface area contributed by atoms with Crippen LogP contribution in [0.25, 0.3) is 0 Å². The van der Waals surface area contributed by atoms with E-state index >= 15 is 0 Å². The molecule has 2 nitrogen and oxygen atoms in total. The van der Waals surface area contributed by atoms with Crippen LogP contribution in [0.3, 0.4) is 0 Å². The second-order valence-electron chi connectivity index (χ2n) is 2.28. The first-order chi connectivity index (χ1) is 6.36. The molecule has 0 saturated carbocycles. The molecule has 0 aromatic heterocycles. The lowest BCUT2D eigenvalue weighted by molar-refractivity contribution is 0.299. The van der Waals surface area contributed by atoms with E-state index in [1.807, 2.05) is 32.0 Å². The topological polar surface area (TPSA) is 44.0 Å². The third-order valence-electron chi connectivity index (χ3n) is 1.48. The van der Waals surface area contributed by atoms with Gasteiger partial charge in [0.05, 0.1) is 11.6 Å². The van der Waals surface area contributed by atoms with Crippen molar-refractivity contribution in [1.82, 2.24) is 0 Å². The van der Waals surface area contributed by atoms with Crippen LogP contribution in [0.2, 0.25) is 0 Å². The predicted octanol–water partition coefficient (Wildman–Crippen LogP) is 2.12. The molecule has 1 aromatic rings. The van der Waals surface area contributed by atoms with Crippen molar-refractivity contribution in [3.8, 4) is 6.07 Å². The molecule has 0 saturated heterocycles. The number of rotatable bonds is 2. The summed E-state index contributed by atoms with van der Waals surface area (Å²) in [7, 11) is 0. The maximum absolute atomic E-state index is 8.58. The minimum Gasteiger partial charge on any atom is -0.396 e. The molecule has 0 radical (unpaired) electrons. The number of nitriles is 1. The van der Waals surface area contributed by atoms with Gasteiger partial charge in [-0.05, 0) is 24.1 Å². The Morgan fingerprint density at radius 1 is 1.23 bits per heavy atom. The Hall–Kier alpha value is -1.33. The molecule has 0 aliphatic carbocycles. The zero-order valence-corrected chi connectivity index (χ0v) is 8.12. The van der Waals surface area contributed by atoms with Crippen molar-refractivity contribution in [3.63, 3.8) is 0 Å². The summed E-state index contributed by atoms with van der Waals surface area (Å²) >= 11 is 0. The molecule has 0 bridgehead atoms. The minimum absolute atomic E-state index is 0.159. The molecular formula is C11H15NO. The number of hydrogen-bond acceptors (Lipinski definition) is 2. The number of nitrogens with zero attached hydrogens (tertiary/aromatic N) is 1. The predicted molar refractivity (Wildman–Crippen MR) is 53.3 cm³/mol. The Labute approximate surface area is 79.4 Å². The van der Waals surface area contributed by atoms with Gasteiger partial charge in [0.1, 0.15) is 0 Å². The van der Waals surface area contributed by atoms with E-state index in [0.717, 1.165) is 5.56 Å². The highest BCUT2D eigenvalue weighted by molar-refractivity contribution is 5.31. The number of hydrogen-bond donors (Lipinski definition) is 1. The van der Waals surface area contributed by atoms with E-state index < -0.39 is 0 Å². The second-order valence-corrected chi connectivity index (χ2v) is 2.28. The molecule has 2 heteroatoms. The standard InChI is InChI=1S/C9H9NO.C2H6/c10-7-9-3-1-8(2-4-9)5-6-11;1-2/h1-4,11H,5-6H2;1-2H3. The van der Waals surface area contributed by atoms with E-state index in [0.29, 0.717) is 12.0 Å². The first-order valence-electron chi connectivity index (χ1n) is 4.46. The molecule has 70 valence electrons. The molecule has 0 amide bonds. The van der Waals surface area contributed by atoms with Gasteiger partial charge in [-0.1, -0.05) is 26.0 Å². The van der Waals surface area contributed by atoms with Crippen LogP contribution in [0.15, 0.2) is 24.3 Å². The van der Waals surface area contributed by atoms with Gasteiger partial charge in [0.2, 0.25) is 0 Å². The van der Waals surface area contributed by atoms with Gasteiger partial charge in [-0.3, -0.25) is 0 Å². The van der Waals surface area contributed by atoms with Crippen LogP contribution in [0, 0.1) is 11.3 Å². The average Bonchev–Trinajstić information content (AvgIpc) is 2.23. The van der Waals surface area contributed by atoms with E-state index in [-0.39, 0.29) is 6.61 Å². The highest BCUT2D eigenvalue weighted by atomic mass is 16.2. The molecule has 0 fully saturated rings. The summed E-state index contributed by atoms with van der Waals surface area (Å²) in [6, 6.07) is 9.26. The summed E-state index contributed by atoms with van der Waals surface area (Å²) in [6.07, 6.45) is 0.658. The van der Waals surface area contributed by atoms with Gasteiger partial charge in [0.25, 0.3) is 0 Å². The Morgan fingerprint density at radius 3 is 2.15 bits per heavy atom. The molecule has 0 spiro atoms. The summed E-state index contributed by atoms with van der Waals surface area (Å²) in [5.74, 6) is 0. The molecule has 0 aliphatic rings. The number of aliphatic hydroxyl groups is 1. The van der Waals surface area contributed by atoms with E-state index in [4.69, 9.17) is 10.4 Å². The third kappa shape index (κ3) is 4.29. The van der Waals surface area contributed by atoms with E-state index in [1.54, 1.807) is 12.1 Å². The molecule has 1 aromatic carbocycles. The lowest BCUT2D eigenvalue weighted by Crippen LogP contribution is -1.89. The van der Waals surface area contributed by atoms with Crippen molar-refractivity contribution in [2.24, 2.45) is 0 Å². The van der Waals surface area contributed by atoms with Crippen molar-refractivity contribution >= 4 is 0 Å². The Bertz CT molecular complexity index is 258. The summed E-state index contributed by atoms with van der Waals surface area (Å²) in [5, 5.41) is 17.0. The fraction of sp³-hybridized carbons (Fsp3) is 0.364. The van der Waals surface area contributed by atoms with Crippen molar-refractivity contribution < 1.29 is 5.11 Å². The number of aliphatic hydroxyl groups excluding tert-OH is 1. The van der Waals surface area contributed by atoms with Gasteiger partial charge < -0.3 is 5.11 Å². The number of benzene rings is 1. The van der Waals surface area contributed by atoms with Gasteiger partial charge >= 0.3 is 0 Å². The van der Waals surface area contributed by atoms with Gasteiger partial charge in [0, 0.05) is 6.61 Å². The zero-order valence-electron chi connectivity index (χ0n) is 8.12. The second kappa shape index (κ2) is 7.33. The molecule has 0 aliphatic heterocycles. The van der Waals surface area contributed by atoms with Crippen LogP contribution in [-0.2, 0) is 6.42 Å². The summed E-state index contributed by atoms with van der Waals surface area (Å²) in [6.45, 7) is 4.16. The van der Waals surface area contributed by atoms with Gasteiger partial charge in [-0.15, -0.1) is 0 Å². The fourth-order valence-corrected chi connectivity index (χ4v) is 0.875.